The van der Waals surface area contributed by atoms with Gasteiger partial charge in [0.2, 0.25) is 5.95 Å². The number of benzene rings is 2. The molecule has 23 heavy (non-hydrogen) atoms. The maximum absolute atomic E-state index is 12.8. The Labute approximate surface area is 132 Å². The normalized spacial score (nSPS) is 13.3. The van der Waals surface area contributed by atoms with E-state index < -0.39 is 0 Å². The van der Waals surface area contributed by atoms with Crippen molar-refractivity contribution in [2.24, 2.45) is 0 Å². The van der Waals surface area contributed by atoms with Crippen molar-refractivity contribution in [1.29, 1.82) is 0 Å². The van der Waals surface area contributed by atoms with Gasteiger partial charge in [-0.2, -0.15) is 4.98 Å². The Kier molecular flexibility index (Phi) is 2.90. The predicted octanol–water partition coefficient (Wildman–Crippen LogP) is 1.95. The molecule has 0 radical (unpaired) electrons. The number of hydrogen-bond acceptors (Lipinski definition) is 5. The minimum Gasteiger partial charge on any atom is -0.383 e. The third-order valence-electron chi connectivity index (χ3n) is 4.12. The lowest BCUT2D eigenvalue weighted by molar-refractivity contribution is 0.0751. The SMILES string of the molecule is Nc1nc(N)c2c(n1)CN(C(=O)c1ccc3ccccc3c1)C2. The van der Waals surface area contributed by atoms with E-state index in [1.54, 1.807) is 4.90 Å². The molecule has 1 aliphatic heterocycles. The summed E-state index contributed by atoms with van der Waals surface area (Å²) in [5.41, 5.74) is 13.7. The number of rotatable bonds is 1. The number of fused-ring (bicyclic) bond motifs is 2. The number of nitrogen functional groups attached to an aromatic ring is 2. The van der Waals surface area contributed by atoms with E-state index in [1.807, 2.05) is 42.5 Å². The van der Waals surface area contributed by atoms with Gasteiger partial charge in [-0.25, -0.2) is 4.98 Å². The number of anilines is 2. The third kappa shape index (κ3) is 2.24. The van der Waals surface area contributed by atoms with E-state index in [0.29, 0.717) is 24.5 Å². The van der Waals surface area contributed by atoms with Gasteiger partial charge in [0.05, 0.1) is 18.8 Å². The van der Waals surface area contributed by atoms with Crippen molar-refractivity contribution in [3.63, 3.8) is 0 Å². The van der Waals surface area contributed by atoms with Gasteiger partial charge in [0.25, 0.3) is 5.91 Å². The second-order valence-electron chi connectivity index (χ2n) is 5.62. The highest BCUT2D eigenvalue weighted by atomic mass is 16.2. The Hall–Kier alpha value is -3.15. The number of carbonyl (C=O) groups is 1. The summed E-state index contributed by atoms with van der Waals surface area (Å²) in [7, 11) is 0. The van der Waals surface area contributed by atoms with Crippen LogP contribution in [0.3, 0.4) is 0 Å². The van der Waals surface area contributed by atoms with Crippen LogP contribution < -0.4 is 11.5 Å². The summed E-state index contributed by atoms with van der Waals surface area (Å²) in [5, 5.41) is 2.15. The third-order valence-corrected chi connectivity index (χ3v) is 4.12. The topological polar surface area (TPSA) is 98.1 Å². The quantitative estimate of drug-likeness (QED) is 0.716. The highest BCUT2D eigenvalue weighted by Crippen LogP contribution is 2.27. The van der Waals surface area contributed by atoms with E-state index >= 15 is 0 Å². The first-order chi connectivity index (χ1) is 11.1. The second-order valence-corrected chi connectivity index (χ2v) is 5.62. The molecule has 114 valence electrons. The van der Waals surface area contributed by atoms with Crippen LogP contribution in [0, 0.1) is 0 Å². The lowest BCUT2D eigenvalue weighted by atomic mass is 10.1. The number of aromatic nitrogens is 2. The van der Waals surface area contributed by atoms with Crippen LogP contribution in [0.25, 0.3) is 10.8 Å². The molecule has 0 fully saturated rings. The fourth-order valence-electron chi connectivity index (χ4n) is 2.95. The molecule has 0 unspecified atom stereocenters. The molecular formula is C17H15N5O. The Morgan fingerprint density at radius 1 is 1.00 bits per heavy atom. The van der Waals surface area contributed by atoms with Crippen molar-refractivity contribution in [3.05, 3.63) is 59.3 Å². The second kappa shape index (κ2) is 4.95. The summed E-state index contributed by atoms with van der Waals surface area (Å²) in [6.07, 6.45) is 0. The van der Waals surface area contributed by atoms with Crippen LogP contribution in [0.1, 0.15) is 21.6 Å². The summed E-state index contributed by atoms with van der Waals surface area (Å²) in [4.78, 5) is 22.6. The Morgan fingerprint density at radius 3 is 2.61 bits per heavy atom. The van der Waals surface area contributed by atoms with Crippen molar-refractivity contribution < 1.29 is 4.79 Å². The maximum atomic E-state index is 12.8. The smallest absolute Gasteiger partial charge is 0.254 e. The Bertz CT molecular complexity index is 937. The lowest BCUT2D eigenvalue weighted by Crippen LogP contribution is -2.25. The van der Waals surface area contributed by atoms with E-state index in [0.717, 1.165) is 22.0 Å². The van der Waals surface area contributed by atoms with E-state index in [1.165, 1.54) is 0 Å². The number of amides is 1. The number of carbonyl (C=O) groups excluding carboxylic acids is 1. The van der Waals surface area contributed by atoms with Crippen LogP contribution >= 0.6 is 0 Å². The zero-order valence-corrected chi connectivity index (χ0v) is 12.4. The van der Waals surface area contributed by atoms with E-state index in [-0.39, 0.29) is 11.9 Å². The lowest BCUT2D eigenvalue weighted by Gasteiger charge is -2.15. The first kappa shape index (κ1) is 13.5. The summed E-state index contributed by atoms with van der Waals surface area (Å²) >= 11 is 0. The largest absolute Gasteiger partial charge is 0.383 e. The molecule has 1 aliphatic rings. The van der Waals surface area contributed by atoms with Gasteiger partial charge in [-0.1, -0.05) is 30.3 Å². The molecule has 1 aromatic heterocycles. The Morgan fingerprint density at radius 2 is 1.78 bits per heavy atom. The van der Waals surface area contributed by atoms with E-state index in [2.05, 4.69) is 9.97 Å². The van der Waals surface area contributed by atoms with Gasteiger partial charge in [0.15, 0.2) is 0 Å². The molecular weight excluding hydrogens is 290 g/mol. The van der Waals surface area contributed by atoms with Crippen molar-refractivity contribution in [1.82, 2.24) is 14.9 Å². The first-order valence-corrected chi connectivity index (χ1v) is 7.30. The van der Waals surface area contributed by atoms with Gasteiger partial charge in [-0.15, -0.1) is 0 Å². The Balaban J connectivity index is 1.66. The molecule has 2 heterocycles. The molecule has 0 atom stereocenters. The van der Waals surface area contributed by atoms with Crippen LogP contribution in [0.2, 0.25) is 0 Å². The minimum absolute atomic E-state index is 0.0493. The molecule has 4 rings (SSSR count). The van der Waals surface area contributed by atoms with Gasteiger partial charge in [-0.3, -0.25) is 4.79 Å². The maximum Gasteiger partial charge on any atom is 0.254 e. The zero-order chi connectivity index (χ0) is 16.0. The first-order valence-electron chi connectivity index (χ1n) is 7.30. The molecule has 0 bridgehead atoms. The number of hydrogen-bond donors (Lipinski definition) is 2. The molecule has 0 saturated carbocycles. The van der Waals surface area contributed by atoms with Crippen molar-refractivity contribution >= 4 is 28.4 Å². The van der Waals surface area contributed by atoms with Crippen molar-refractivity contribution in [2.45, 2.75) is 13.1 Å². The molecule has 6 nitrogen and oxygen atoms in total. The van der Waals surface area contributed by atoms with Crippen LogP contribution in [-0.2, 0) is 13.1 Å². The van der Waals surface area contributed by atoms with Crippen LogP contribution in [-0.4, -0.2) is 20.8 Å². The van der Waals surface area contributed by atoms with Gasteiger partial charge in [-0.05, 0) is 22.9 Å². The standard InChI is InChI=1S/C17H15N5O/c18-15-13-8-22(9-14(13)20-17(19)21-15)16(23)12-6-5-10-3-1-2-4-11(10)7-12/h1-7H,8-9H2,(H4,18,19,20,21). The molecule has 1 amide bonds. The fourth-order valence-corrected chi connectivity index (χ4v) is 2.95. The monoisotopic (exact) mass is 305 g/mol. The summed E-state index contributed by atoms with van der Waals surface area (Å²) in [6.45, 7) is 0.811. The highest BCUT2D eigenvalue weighted by Gasteiger charge is 2.28. The van der Waals surface area contributed by atoms with E-state index in [4.69, 9.17) is 11.5 Å². The summed E-state index contributed by atoms with van der Waals surface area (Å²) in [6, 6.07) is 13.7. The molecule has 3 aromatic rings. The molecule has 4 N–H and O–H groups in total. The van der Waals surface area contributed by atoms with Gasteiger partial charge >= 0.3 is 0 Å². The molecule has 0 saturated heterocycles. The zero-order valence-electron chi connectivity index (χ0n) is 12.4. The predicted molar refractivity (Wildman–Crippen MR) is 88.4 cm³/mol. The molecule has 0 spiro atoms. The van der Waals surface area contributed by atoms with E-state index in [9.17, 15) is 4.79 Å². The van der Waals surface area contributed by atoms with Gasteiger partial charge in [0.1, 0.15) is 5.82 Å². The number of nitrogens with zero attached hydrogens (tertiary/aromatic N) is 3. The molecule has 6 heteroatoms. The number of nitrogens with two attached hydrogens (primary N) is 2. The van der Waals surface area contributed by atoms with Crippen LogP contribution in [0.4, 0.5) is 11.8 Å². The highest BCUT2D eigenvalue weighted by molar-refractivity contribution is 5.98. The van der Waals surface area contributed by atoms with Crippen LogP contribution in [0.15, 0.2) is 42.5 Å². The van der Waals surface area contributed by atoms with Crippen molar-refractivity contribution in [3.8, 4) is 0 Å². The van der Waals surface area contributed by atoms with Crippen LogP contribution in [0.5, 0.6) is 0 Å². The average Bonchev–Trinajstić information content (AvgIpc) is 2.98. The molecule has 0 aliphatic carbocycles. The summed E-state index contributed by atoms with van der Waals surface area (Å²) in [5.74, 6) is 0.439. The molecule has 2 aromatic carbocycles. The minimum atomic E-state index is -0.0493. The summed E-state index contributed by atoms with van der Waals surface area (Å²) < 4.78 is 0. The fraction of sp³-hybridized carbons (Fsp3) is 0.118. The van der Waals surface area contributed by atoms with Gasteiger partial charge < -0.3 is 16.4 Å². The van der Waals surface area contributed by atoms with Crippen molar-refractivity contribution in [2.75, 3.05) is 11.5 Å². The average molecular weight is 305 g/mol. The van der Waals surface area contributed by atoms with Gasteiger partial charge in [0, 0.05) is 11.1 Å².